The summed E-state index contributed by atoms with van der Waals surface area (Å²) in [5, 5.41) is 39.6. The van der Waals surface area contributed by atoms with Crippen molar-refractivity contribution in [2.45, 2.75) is 180 Å². The van der Waals surface area contributed by atoms with Crippen LogP contribution < -0.4 is 65.5 Å². The topological polar surface area (TPSA) is 411 Å². The molecule has 390 valence electrons. The fourth-order valence-corrected chi connectivity index (χ4v) is 6.65. The van der Waals surface area contributed by atoms with Crippen LogP contribution in [0.1, 0.15) is 126 Å². The van der Waals surface area contributed by atoms with Crippen molar-refractivity contribution in [1.82, 2.24) is 42.5 Å². The maximum Gasteiger partial charge on any atom is 0.325 e. The molecular weight excluding hydrogens is 889 g/mol. The van der Waals surface area contributed by atoms with Gasteiger partial charge in [0.1, 0.15) is 48.3 Å². The minimum atomic E-state index is -1.60. The number of hydrogen-bond acceptors (Lipinski definition) is 14. The second-order valence-corrected chi connectivity index (χ2v) is 18.1. The van der Waals surface area contributed by atoms with Gasteiger partial charge in [0.15, 0.2) is 0 Å². The van der Waals surface area contributed by atoms with E-state index in [-0.39, 0.29) is 43.9 Å². The highest BCUT2D eigenvalue weighted by molar-refractivity contribution is 5.98. The number of carboxylic acid groups (broad SMARTS) is 1. The first-order valence-corrected chi connectivity index (χ1v) is 23.5. The third-order valence-corrected chi connectivity index (χ3v) is 11.0. The van der Waals surface area contributed by atoms with E-state index >= 15 is 0 Å². The van der Waals surface area contributed by atoms with Crippen LogP contribution in [-0.4, -0.2) is 143 Å². The lowest BCUT2D eigenvalue weighted by atomic mass is 9.96. The van der Waals surface area contributed by atoms with E-state index in [0.717, 1.165) is 0 Å². The summed E-state index contributed by atoms with van der Waals surface area (Å²) >= 11 is 0. The van der Waals surface area contributed by atoms with Gasteiger partial charge in [-0.1, -0.05) is 54.4 Å². The van der Waals surface area contributed by atoms with E-state index in [1.807, 2.05) is 13.8 Å². The molecule has 10 atom stereocenters. The van der Waals surface area contributed by atoms with E-state index in [0.29, 0.717) is 51.6 Å². The molecule has 0 rings (SSSR count). The van der Waals surface area contributed by atoms with E-state index < -0.39 is 126 Å². The minimum Gasteiger partial charge on any atom is -0.480 e. The van der Waals surface area contributed by atoms with Gasteiger partial charge in [0.2, 0.25) is 53.2 Å². The number of primary amides is 1. The largest absolute Gasteiger partial charge is 0.480 e. The summed E-state index contributed by atoms with van der Waals surface area (Å²) in [4.78, 5) is 131. The predicted molar refractivity (Wildman–Crippen MR) is 252 cm³/mol. The highest BCUT2D eigenvalue weighted by atomic mass is 16.4. The van der Waals surface area contributed by atoms with Crippen molar-refractivity contribution in [2.75, 3.05) is 19.7 Å². The van der Waals surface area contributed by atoms with Crippen LogP contribution in [-0.2, 0) is 47.9 Å². The lowest BCUT2D eigenvalue weighted by Crippen LogP contribution is -2.61. The van der Waals surface area contributed by atoms with Gasteiger partial charge in [0.05, 0.1) is 12.6 Å². The van der Waals surface area contributed by atoms with Crippen molar-refractivity contribution in [2.24, 2.45) is 40.7 Å². The molecule has 0 bridgehead atoms. The van der Waals surface area contributed by atoms with Gasteiger partial charge in [-0.15, -0.1) is 0 Å². The fraction of sp³-hybridized carbons (Fsp3) is 0.773. The summed E-state index contributed by atoms with van der Waals surface area (Å²) in [5.74, 6) is -9.26. The first-order chi connectivity index (χ1) is 31.8. The molecule has 0 aromatic rings. The Bertz CT molecular complexity index is 1670. The molecule has 0 fully saturated rings. The number of amides is 9. The van der Waals surface area contributed by atoms with E-state index in [1.54, 1.807) is 27.7 Å². The lowest BCUT2D eigenvalue weighted by Gasteiger charge is -2.29. The number of nitrogens with one attached hydrogen (secondary N) is 8. The Labute approximate surface area is 399 Å². The van der Waals surface area contributed by atoms with Crippen molar-refractivity contribution in [3.8, 4) is 0 Å². The molecule has 0 aliphatic rings. The van der Waals surface area contributed by atoms with Gasteiger partial charge in [-0.25, -0.2) is 0 Å². The second-order valence-electron chi connectivity index (χ2n) is 18.1. The minimum absolute atomic E-state index is 0.0482. The number of aliphatic hydroxyl groups excluding tert-OH is 1. The number of rotatable bonds is 35. The molecule has 0 spiro atoms. The van der Waals surface area contributed by atoms with E-state index in [9.17, 15) is 58.2 Å². The van der Waals surface area contributed by atoms with Crippen LogP contribution in [0.15, 0.2) is 0 Å². The van der Waals surface area contributed by atoms with E-state index in [1.165, 1.54) is 13.8 Å². The Morgan fingerprint density at radius 2 is 0.897 bits per heavy atom. The van der Waals surface area contributed by atoms with Crippen LogP contribution in [0, 0.1) is 17.8 Å². The maximum atomic E-state index is 13.8. The van der Waals surface area contributed by atoms with Crippen molar-refractivity contribution in [3.05, 3.63) is 0 Å². The van der Waals surface area contributed by atoms with Gasteiger partial charge in [0.25, 0.3) is 0 Å². The summed E-state index contributed by atoms with van der Waals surface area (Å²) in [6, 6.07) is -11.4. The van der Waals surface area contributed by atoms with Crippen LogP contribution in [0.5, 0.6) is 0 Å². The average Bonchev–Trinajstić information content (AvgIpc) is 3.26. The van der Waals surface area contributed by atoms with Crippen LogP contribution in [0.25, 0.3) is 0 Å². The Morgan fingerprint density at radius 3 is 1.38 bits per heavy atom. The third kappa shape index (κ3) is 24.5. The van der Waals surface area contributed by atoms with Gasteiger partial charge >= 0.3 is 5.97 Å². The maximum absolute atomic E-state index is 13.8. The van der Waals surface area contributed by atoms with Crippen molar-refractivity contribution < 1.29 is 58.2 Å². The molecule has 18 N–H and O–H groups in total. The van der Waals surface area contributed by atoms with E-state index in [2.05, 4.69) is 42.5 Å². The molecule has 0 unspecified atom stereocenters. The number of aliphatic hydroxyl groups is 1. The Kier molecular flexibility index (Phi) is 30.4. The zero-order valence-electron chi connectivity index (χ0n) is 41.1. The van der Waals surface area contributed by atoms with Crippen LogP contribution >= 0.6 is 0 Å². The molecule has 68 heavy (non-hydrogen) atoms. The summed E-state index contributed by atoms with van der Waals surface area (Å²) in [5.41, 5.74) is 22.5. The molecule has 0 radical (unpaired) electrons. The number of unbranched alkanes of at least 4 members (excludes halogenated alkanes) is 2. The number of nitrogens with two attached hydrogens (primary N) is 4. The molecular formula is C44H82N12O12. The summed E-state index contributed by atoms with van der Waals surface area (Å²) in [7, 11) is 0. The van der Waals surface area contributed by atoms with Gasteiger partial charge in [0, 0.05) is 6.42 Å². The summed E-state index contributed by atoms with van der Waals surface area (Å²) in [6.45, 7) is 13.0. The molecule has 0 heterocycles. The highest BCUT2D eigenvalue weighted by Crippen LogP contribution is 2.13. The summed E-state index contributed by atoms with van der Waals surface area (Å²) < 4.78 is 0. The smallest absolute Gasteiger partial charge is 0.325 e. The molecule has 0 saturated carbocycles. The van der Waals surface area contributed by atoms with Crippen molar-refractivity contribution >= 4 is 59.1 Å². The van der Waals surface area contributed by atoms with Crippen LogP contribution in [0.3, 0.4) is 0 Å². The molecule has 0 saturated heterocycles. The lowest BCUT2D eigenvalue weighted by molar-refractivity contribution is -0.142. The van der Waals surface area contributed by atoms with Crippen molar-refractivity contribution in [1.29, 1.82) is 0 Å². The monoisotopic (exact) mass is 971 g/mol. The number of carboxylic acids is 1. The fourth-order valence-electron chi connectivity index (χ4n) is 6.65. The molecule has 0 aliphatic heterocycles. The molecule has 0 aromatic heterocycles. The third-order valence-electron chi connectivity index (χ3n) is 11.0. The van der Waals surface area contributed by atoms with Gasteiger partial charge < -0.3 is 75.7 Å². The average molecular weight is 971 g/mol. The van der Waals surface area contributed by atoms with Crippen molar-refractivity contribution in [3.63, 3.8) is 0 Å². The van der Waals surface area contributed by atoms with Crippen LogP contribution in [0.4, 0.5) is 0 Å². The zero-order valence-corrected chi connectivity index (χ0v) is 41.1. The summed E-state index contributed by atoms with van der Waals surface area (Å²) in [6.07, 6.45) is 2.67. The zero-order chi connectivity index (χ0) is 52.3. The quantitative estimate of drug-likeness (QED) is 0.0281. The number of aliphatic carboxylic acids is 1. The second kappa shape index (κ2) is 33.1. The van der Waals surface area contributed by atoms with Gasteiger partial charge in [-0.3, -0.25) is 47.9 Å². The molecule has 24 heteroatoms. The highest BCUT2D eigenvalue weighted by Gasteiger charge is 2.35. The number of carbonyl (C=O) groups is 10. The SMILES string of the molecule is CC[C@H](C)[C@H](NC(=O)[C@H](CC(C)C)NC(=O)[C@H](C)NC(=O)[C@H](CO)NC(=O)[C@H](CCCCN)NC(=O)[C@H](CC(C)C)NC(=O)[C@@H](N)CCCCN)C(=O)N[C@@H](CCC(N)=O)C(=O)N[C@@H](C)C(=O)O. The molecule has 9 amide bonds. The molecule has 24 nitrogen and oxygen atoms in total. The first-order valence-electron chi connectivity index (χ1n) is 23.5. The standard InChI is InChI=1S/C44H82N12O12/c1-9-25(6)35(43(66)52-30(16-17-34(48)58)38(61)50-27(8)44(67)68)56-41(64)32(21-24(4)5)53-36(59)26(7)49-42(65)33(22-57)55-39(62)29(15-11-13-19-46)51-40(63)31(20-23(2)3)54-37(60)28(47)14-10-12-18-45/h23-33,35,57H,9-22,45-47H2,1-8H3,(H2,48,58)(H,49,65)(H,50,61)(H,51,63)(H,52,66)(H,53,59)(H,54,60)(H,55,62)(H,56,64)(H,67,68)/t25-,26-,27-,28-,29-,30-,31-,32-,33-,35-/m0/s1. The van der Waals surface area contributed by atoms with Crippen LogP contribution in [0.2, 0.25) is 0 Å². The Hall–Kier alpha value is -5.46. The number of carbonyl (C=O) groups excluding carboxylic acids is 9. The van der Waals surface area contributed by atoms with Gasteiger partial charge in [-0.05, 0) is 96.1 Å². The Morgan fingerprint density at radius 1 is 0.485 bits per heavy atom. The van der Waals surface area contributed by atoms with Gasteiger partial charge in [-0.2, -0.15) is 0 Å². The first kappa shape index (κ1) is 62.5. The molecule has 0 aliphatic carbocycles. The predicted octanol–water partition coefficient (Wildman–Crippen LogP) is -3.03. The Balaban J connectivity index is 6.16. The van der Waals surface area contributed by atoms with E-state index in [4.69, 9.17) is 22.9 Å². The normalized spacial score (nSPS) is 15.7. The molecule has 0 aromatic carbocycles. The number of hydrogen-bond donors (Lipinski definition) is 14.